The van der Waals surface area contributed by atoms with Crippen LogP contribution in [0.15, 0.2) is 47.5 Å². The Morgan fingerprint density at radius 3 is 2.52 bits per heavy atom. The van der Waals surface area contributed by atoms with Crippen molar-refractivity contribution >= 4 is 21.4 Å². The van der Waals surface area contributed by atoms with Crippen LogP contribution >= 0.6 is 0 Å². The van der Waals surface area contributed by atoms with Gasteiger partial charge in [0.15, 0.2) is 0 Å². The number of rotatable bonds is 6. The smallest absolute Gasteiger partial charge is 0.246 e. The zero-order valence-corrected chi connectivity index (χ0v) is 19.0. The molecule has 0 bridgehead atoms. The standard InChI is InChI=1S/C22H27N5O3S/c1-15-11-19(25-18-5-7-20(30-4)8-6-18)12-21(24-15)17-9-10-27(14-17)31(28,29)22-13-23-26(3)16(22)2/h5-8,11-13,17H,9-10,14H2,1-4H3,(H,24,25)/t17-/m0/s1. The third-order valence-corrected chi connectivity index (χ3v) is 7.70. The normalized spacial score (nSPS) is 17.1. The minimum absolute atomic E-state index is 0.0445. The Bertz CT molecular complexity index is 1190. The van der Waals surface area contributed by atoms with Crippen molar-refractivity contribution < 1.29 is 13.2 Å². The number of ether oxygens (including phenoxy) is 1. The first-order valence-electron chi connectivity index (χ1n) is 10.2. The molecule has 3 heterocycles. The lowest BCUT2D eigenvalue weighted by Gasteiger charge is -2.17. The van der Waals surface area contributed by atoms with E-state index in [9.17, 15) is 8.42 Å². The fourth-order valence-corrected chi connectivity index (χ4v) is 5.56. The van der Waals surface area contributed by atoms with Crippen LogP contribution < -0.4 is 10.1 Å². The highest BCUT2D eigenvalue weighted by Gasteiger charge is 2.35. The molecule has 1 aliphatic rings. The number of hydrogen-bond acceptors (Lipinski definition) is 6. The average Bonchev–Trinajstić information content (AvgIpc) is 3.37. The summed E-state index contributed by atoms with van der Waals surface area (Å²) in [6, 6.07) is 11.7. The number of benzene rings is 1. The van der Waals surface area contributed by atoms with Gasteiger partial charge in [0.1, 0.15) is 10.6 Å². The maximum absolute atomic E-state index is 13.1. The van der Waals surface area contributed by atoms with Crippen LogP contribution in [-0.4, -0.2) is 47.7 Å². The Kier molecular flexibility index (Phi) is 5.72. The molecule has 0 aliphatic carbocycles. The second-order valence-electron chi connectivity index (χ2n) is 7.84. The SMILES string of the molecule is COc1ccc(Nc2cc(C)nc([C@H]3CCN(S(=O)(=O)c4cnn(C)c4C)C3)c2)cc1. The van der Waals surface area contributed by atoms with Gasteiger partial charge < -0.3 is 10.1 Å². The Morgan fingerprint density at radius 2 is 1.87 bits per heavy atom. The quantitative estimate of drug-likeness (QED) is 0.631. The molecule has 0 amide bonds. The van der Waals surface area contributed by atoms with Gasteiger partial charge in [-0.2, -0.15) is 9.40 Å². The molecule has 31 heavy (non-hydrogen) atoms. The summed E-state index contributed by atoms with van der Waals surface area (Å²) in [7, 11) is -0.184. The van der Waals surface area contributed by atoms with Crippen LogP contribution in [0.5, 0.6) is 5.75 Å². The maximum Gasteiger partial charge on any atom is 0.246 e. The molecule has 0 spiro atoms. The highest BCUT2D eigenvalue weighted by molar-refractivity contribution is 7.89. The summed E-state index contributed by atoms with van der Waals surface area (Å²) < 4.78 is 34.5. The number of sulfonamides is 1. The lowest BCUT2D eigenvalue weighted by atomic mass is 10.0. The lowest BCUT2D eigenvalue weighted by molar-refractivity contribution is 0.415. The number of nitrogens with zero attached hydrogens (tertiary/aromatic N) is 4. The fraction of sp³-hybridized carbons (Fsp3) is 0.364. The van der Waals surface area contributed by atoms with Crippen molar-refractivity contribution in [3.8, 4) is 5.75 Å². The minimum atomic E-state index is -3.57. The fourth-order valence-electron chi connectivity index (χ4n) is 3.88. The summed E-state index contributed by atoms with van der Waals surface area (Å²) in [5.41, 5.74) is 4.30. The Balaban J connectivity index is 1.53. The number of hydrogen-bond donors (Lipinski definition) is 1. The number of aromatic nitrogens is 3. The van der Waals surface area contributed by atoms with Gasteiger partial charge in [0.05, 0.1) is 19.0 Å². The molecular formula is C22H27N5O3S. The summed E-state index contributed by atoms with van der Waals surface area (Å²) in [4.78, 5) is 4.97. The molecule has 4 rings (SSSR count). The Labute approximate surface area is 182 Å². The van der Waals surface area contributed by atoms with E-state index in [1.54, 1.807) is 30.1 Å². The molecule has 1 aliphatic heterocycles. The van der Waals surface area contributed by atoms with Gasteiger partial charge in [-0.15, -0.1) is 0 Å². The van der Waals surface area contributed by atoms with Crippen LogP contribution in [0.4, 0.5) is 11.4 Å². The van der Waals surface area contributed by atoms with Gasteiger partial charge >= 0.3 is 0 Å². The van der Waals surface area contributed by atoms with E-state index >= 15 is 0 Å². The molecule has 1 fully saturated rings. The molecular weight excluding hydrogens is 414 g/mol. The van der Waals surface area contributed by atoms with Gasteiger partial charge in [-0.3, -0.25) is 9.67 Å². The molecule has 3 aromatic rings. The van der Waals surface area contributed by atoms with Crippen LogP contribution in [0.25, 0.3) is 0 Å². The molecule has 0 unspecified atom stereocenters. The van der Waals surface area contributed by atoms with Crippen molar-refractivity contribution in [3.05, 3.63) is 59.7 Å². The van der Waals surface area contributed by atoms with Crippen molar-refractivity contribution in [3.63, 3.8) is 0 Å². The summed E-state index contributed by atoms with van der Waals surface area (Å²) >= 11 is 0. The zero-order chi connectivity index (χ0) is 22.2. The van der Waals surface area contributed by atoms with E-state index in [2.05, 4.69) is 10.4 Å². The van der Waals surface area contributed by atoms with Crippen LogP contribution in [0.1, 0.15) is 29.4 Å². The van der Waals surface area contributed by atoms with E-state index in [0.29, 0.717) is 18.8 Å². The Morgan fingerprint density at radius 1 is 1.13 bits per heavy atom. The zero-order valence-electron chi connectivity index (χ0n) is 18.2. The third-order valence-electron chi connectivity index (χ3n) is 5.73. The summed E-state index contributed by atoms with van der Waals surface area (Å²) in [6.45, 7) is 4.60. The third kappa shape index (κ3) is 4.28. The first-order chi connectivity index (χ1) is 14.8. The second kappa shape index (κ2) is 8.32. The van der Waals surface area contributed by atoms with E-state index in [0.717, 1.165) is 34.9 Å². The van der Waals surface area contributed by atoms with E-state index in [1.807, 2.05) is 43.3 Å². The largest absolute Gasteiger partial charge is 0.497 e. The molecule has 1 atom stereocenters. The van der Waals surface area contributed by atoms with E-state index in [-0.39, 0.29) is 10.8 Å². The van der Waals surface area contributed by atoms with Gasteiger partial charge in [0.2, 0.25) is 10.0 Å². The molecule has 1 aromatic carbocycles. The van der Waals surface area contributed by atoms with Crippen LogP contribution in [0.3, 0.4) is 0 Å². The first kappa shape index (κ1) is 21.3. The minimum Gasteiger partial charge on any atom is -0.497 e. The van der Waals surface area contributed by atoms with E-state index in [4.69, 9.17) is 9.72 Å². The second-order valence-corrected chi connectivity index (χ2v) is 9.75. The number of anilines is 2. The average molecular weight is 442 g/mol. The van der Waals surface area contributed by atoms with Crippen molar-refractivity contribution in [2.45, 2.75) is 31.1 Å². The maximum atomic E-state index is 13.1. The summed E-state index contributed by atoms with van der Waals surface area (Å²) in [5, 5.41) is 7.49. The molecule has 0 radical (unpaired) electrons. The summed E-state index contributed by atoms with van der Waals surface area (Å²) in [6.07, 6.45) is 2.16. The summed E-state index contributed by atoms with van der Waals surface area (Å²) in [5.74, 6) is 0.844. The van der Waals surface area contributed by atoms with Gasteiger partial charge in [0, 0.05) is 48.8 Å². The molecule has 8 nitrogen and oxygen atoms in total. The number of nitrogens with one attached hydrogen (secondary N) is 1. The Hall–Kier alpha value is -2.91. The van der Waals surface area contributed by atoms with Gasteiger partial charge in [-0.1, -0.05) is 0 Å². The van der Waals surface area contributed by atoms with Crippen LogP contribution in [0.2, 0.25) is 0 Å². The molecule has 1 saturated heterocycles. The molecule has 1 N–H and O–H groups in total. The topological polar surface area (TPSA) is 89.3 Å². The first-order valence-corrected chi connectivity index (χ1v) is 11.6. The highest BCUT2D eigenvalue weighted by Crippen LogP contribution is 2.32. The number of methoxy groups -OCH3 is 1. The van der Waals surface area contributed by atoms with Crippen molar-refractivity contribution in [2.75, 3.05) is 25.5 Å². The van der Waals surface area contributed by atoms with Crippen molar-refractivity contribution in [2.24, 2.45) is 7.05 Å². The monoisotopic (exact) mass is 441 g/mol. The van der Waals surface area contributed by atoms with Crippen molar-refractivity contribution in [1.29, 1.82) is 0 Å². The highest BCUT2D eigenvalue weighted by atomic mass is 32.2. The molecule has 0 saturated carbocycles. The van der Waals surface area contributed by atoms with Crippen molar-refractivity contribution in [1.82, 2.24) is 19.1 Å². The van der Waals surface area contributed by atoms with Crippen LogP contribution in [0, 0.1) is 13.8 Å². The van der Waals surface area contributed by atoms with Gasteiger partial charge in [0.25, 0.3) is 0 Å². The van der Waals surface area contributed by atoms with E-state index < -0.39 is 10.0 Å². The number of aryl methyl sites for hydroxylation is 2. The van der Waals surface area contributed by atoms with Gasteiger partial charge in [-0.05, 0) is 56.7 Å². The number of pyridine rings is 1. The van der Waals surface area contributed by atoms with E-state index in [1.165, 1.54) is 6.20 Å². The van der Waals surface area contributed by atoms with Crippen LogP contribution in [-0.2, 0) is 17.1 Å². The molecule has 164 valence electrons. The predicted octanol–water partition coefficient (Wildman–Crippen LogP) is 3.36. The molecule has 2 aromatic heterocycles. The predicted molar refractivity (Wildman–Crippen MR) is 119 cm³/mol. The molecule has 9 heteroatoms. The lowest BCUT2D eigenvalue weighted by Crippen LogP contribution is -2.29. The van der Waals surface area contributed by atoms with Gasteiger partial charge in [-0.25, -0.2) is 8.42 Å².